The first-order valence-electron chi connectivity index (χ1n) is 13.2. The summed E-state index contributed by atoms with van der Waals surface area (Å²) in [4.78, 5) is 2.40. The van der Waals surface area contributed by atoms with Crippen LogP contribution in [0, 0.1) is 17.2 Å². The molecule has 1 N–H and O–H groups in total. The van der Waals surface area contributed by atoms with E-state index in [9.17, 15) is 5.26 Å². The summed E-state index contributed by atoms with van der Waals surface area (Å²) in [6, 6.07) is 2.31. The summed E-state index contributed by atoms with van der Waals surface area (Å²) in [5.41, 5.74) is 4.20. The first-order chi connectivity index (χ1) is 17.2. The number of hydrogen-bond donors (Lipinski definition) is 1. The van der Waals surface area contributed by atoms with Crippen molar-refractivity contribution in [1.82, 2.24) is 15.1 Å². The Hall–Kier alpha value is -3.32. The normalized spacial score (nSPS) is 19.1. The lowest BCUT2D eigenvalue weighted by molar-refractivity contribution is 0.375. The van der Waals surface area contributed by atoms with Crippen LogP contribution in [0.5, 0.6) is 0 Å². The Balaban J connectivity index is 0.00000210. The van der Waals surface area contributed by atoms with Gasteiger partial charge in [-0.15, -0.1) is 0 Å². The van der Waals surface area contributed by atoms with Gasteiger partial charge in [0.2, 0.25) is 0 Å². The number of H-pyrrole nitrogens is 1. The highest BCUT2D eigenvalue weighted by atomic mass is 15.1. The molecular weight excluding hydrogens is 428 g/mol. The molecule has 2 aliphatic rings. The minimum atomic E-state index is 0.215. The van der Waals surface area contributed by atoms with Gasteiger partial charge in [-0.25, -0.2) is 0 Å². The van der Waals surface area contributed by atoms with Crippen LogP contribution in [0.4, 0.5) is 0 Å². The number of aromatic amines is 1. The Kier molecular flexibility index (Phi) is 12.4. The van der Waals surface area contributed by atoms with Crippen LogP contribution in [-0.4, -0.2) is 28.2 Å². The van der Waals surface area contributed by atoms with Crippen molar-refractivity contribution in [3.63, 3.8) is 0 Å². The Labute approximate surface area is 212 Å². The predicted molar refractivity (Wildman–Crippen MR) is 150 cm³/mol. The first-order valence-corrected chi connectivity index (χ1v) is 13.2. The van der Waals surface area contributed by atoms with E-state index >= 15 is 0 Å². The van der Waals surface area contributed by atoms with Gasteiger partial charge in [-0.1, -0.05) is 69.4 Å². The number of aromatic nitrogens is 2. The second-order valence-electron chi connectivity index (χ2n) is 8.47. The highest BCUT2D eigenvalue weighted by Gasteiger charge is 2.13. The number of hydrogen-bond acceptors (Lipinski definition) is 3. The molecule has 0 saturated carbocycles. The average Bonchev–Trinajstić information content (AvgIpc) is 3.09. The van der Waals surface area contributed by atoms with E-state index in [-0.39, 0.29) is 5.92 Å². The largest absolute Gasteiger partial charge is 0.372 e. The second kappa shape index (κ2) is 15.6. The van der Waals surface area contributed by atoms with Crippen LogP contribution >= 0.6 is 0 Å². The smallest absolute Gasteiger partial charge is 0.0947 e. The fourth-order valence-electron chi connectivity index (χ4n) is 4.26. The molecular formula is C31H42N4. The maximum atomic E-state index is 9.33. The Bertz CT molecular complexity index is 1150. The fraction of sp³-hybridized carbons (Fsp3) is 0.419. The van der Waals surface area contributed by atoms with Gasteiger partial charge in [0.25, 0.3) is 0 Å². The van der Waals surface area contributed by atoms with E-state index in [1.54, 1.807) is 0 Å². The lowest BCUT2D eigenvalue weighted by atomic mass is 9.93. The molecule has 35 heavy (non-hydrogen) atoms. The second-order valence-corrected chi connectivity index (χ2v) is 8.47. The van der Waals surface area contributed by atoms with Gasteiger partial charge in [0.05, 0.1) is 17.1 Å². The van der Waals surface area contributed by atoms with Gasteiger partial charge in [0.15, 0.2) is 0 Å². The van der Waals surface area contributed by atoms with Gasteiger partial charge >= 0.3 is 0 Å². The van der Waals surface area contributed by atoms with Crippen molar-refractivity contribution in [2.75, 3.05) is 13.1 Å². The van der Waals surface area contributed by atoms with Crippen molar-refractivity contribution in [2.45, 2.75) is 66.7 Å². The Morgan fingerprint density at radius 1 is 1.26 bits per heavy atom. The molecule has 1 unspecified atom stereocenters. The van der Waals surface area contributed by atoms with Crippen LogP contribution in [0.25, 0.3) is 18.2 Å². The summed E-state index contributed by atoms with van der Waals surface area (Å²) in [7, 11) is 0. The molecule has 1 heterocycles. The fourth-order valence-corrected chi connectivity index (χ4v) is 4.26. The third kappa shape index (κ3) is 8.44. The van der Waals surface area contributed by atoms with Crippen molar-refractivity contribution < 1.29 is 0 Å². The third-order valence-corrected chi connectivity index (χ3v) is 6.02. The van der Waals surface area contributed by atoms with E-state index in [4.69, 9.17) is 0 Å². The van der Waals surface area contributed by atoms with Crippen LogP contribution < -0.4 is 10.6 Å². The molecule has 2 aliphatic carbocycles. The van der Waals surface area contributed by atoms with Crippen molar-refractivity contribution in [3.8, 4) is 6.07 Å². The molecule has 186 valence electrons. The van der Waals surface area contributed by atoms with E-state index in [0.29, 0.717) is 0 Å². The number of nitrogens with zero attached hydrogens (tertiary/aromatic N) is 3. The molecule has 0 aromatic carbocycles. The predicted octanol–water partition coefficient (Wildman–Crippen LogP) is 6.34. The van der Waals surface area contributed by atoms with Crippen LogP contribution in [0.2, 0.25) is 0 Å². The molecule has 0 fully saturated rings. The maximum absolute atomic E-state index is 9.33. The maximum Gasteiger partial charge on any atom is 0.0947 e. The van der Waals surface area contributed by atoms with Gasteiger partial charge in [-0.05, 0) is 69.8 Å². The van der Waals surface area contributed by atoms with Gasteiger partial charge in [-0.3, -0.25) is 5.10 Å². The molecule has 0 amide bonds. The molecule has 4 heteroatoms. The number of nitriles is 1. The highest BCUT2D eigenvalue weighted by Crippen LogP contribution is 2.22. The standard InChI is InChI=1S/C29H36N4.C2H6/c1-4-18-33(6-3)26(20-24-14-11-15-25(19-24)22-30)21-29-27(5-2)28(31-32-29)17-16-23-12-9-7-8-10-13-23;1-2/h5,9,11-17,20-21,24,32H,4,6-8,10,18-19H2,1-3H3;1-2H3/b17-16+,26-20-,27-5-,29-21+;. The molecule has 0 radical (unpaired) electrons. The minimum absolute atomic E-state index is 0.215. The zero-order chi connectivity index (χ0) is 25.5. The SMILES string of the molecule is C/C=c1/c(/C=C/C2=CCCCC=C2)n[nH]/c1=C/C(=C/C1C=CC=C(C#N)C1)N(CC)CCC.CC. The molecule has 1 aromatic heterocycles. The number of rotatable bonds is 8. The molecule has 3 rings (SSSR count). The number of allylic oxidation sites excluding steroid dienone is 11. The van der Waals surface area contributed by atoms with Crippen LogP contribution in [-0.2, 0) is 0 Å². The van der Waals surface area contributed by atoms with Crippen LogP contribution in [0.15, 0.2) is 65.5 Å². The molecule has 0 spiro atoms. The zero-order valence-electron chi connectivity index (χ0n) is 22.2. The number of nitrogens with one attached hydrogen (secondary N) is 1. The van der Waals surface area contributed by atoms with E-state index in [1.807, 2.05) is 26.0 Å². The lowest BCUT2D eigenvalue weighted by Gasteiger charge is -2.25. The topological polar surface area (TPSA) is 55.7 Å². The summed E-state index contributed by atoms with van der Waals surface area (Å²) in [5, 5.41) is 19.3. The van der Waals surface area contributed by atoms with Gasteiger partial charge < -0.3 is 4.90 Å². The highest BCUT2D eigenvalue weighted by molar-refractivity contribution is 5.55. The van der Waals surface area contributed by atoms with E-state index in [0.717, 1.165) is 60.6 Å². The average molecular weight is 471 g/mol. The molecule has 4 nitrogen and oxygen atoms in total. The van der Waals surface area contributed by atoms with Crippen molar-refractivity contribution in [2.24, 2.45) is 5.92 Å². The quantitative estimate of drug-likeness (QED) is 0.482. The van der Waals surface area contributed by atoms with Crippen LogP contribution in [0.3, 0.4) is 0 Å². The summed E-state index contributed by atoms with van der Waals surface area (Å²) < 4.78 is 0. The van der Waals surface area contributed by atoms with Crippen molar-refractivity contribution in [3.05, 3.63) is 81.7 Å². The van der Waals surface area contributed by atoms with Gasteiger partial charge in [0.1, 0.15) is 0 Å². The summed E-state index contributed by atoms with van der Waals surface area (Å²) >= 11 is 0. The first kappa shape index (κ1) is 27.9. The third-order valence-electron chi connectivity index (χ3n) is 6.02. The summed E-state index contributed by atoms with van der Waals surface area (Å²) in [6.07, 6.45) is 29.0. The molecule has 1 atom stereocenters. The monoisotopic (exact) mass is 470 g/mol. The molecule has 0 saturated heterocycles. The summed E-state index contributed by atoms with van der Waals surface area (Å²) in [6.45, 7) is 12.4. The Morgan fingerprint density at radius 3 is 2.80 bits per heavy atom. The van der Waals surface area contributed by atoms with Crippen molar-refractivity contribution in [1.29, 1.82) is 5.26 Å². The van der Waals surface area contributed by atoms with Gasteiger partial charge in [-0.2, -0.15) is 10.4 Å². The van der Waals surface area contributed by atoms with E-state index in [2.05, 4.69) is 96.6 Å². The molecule has 0 bridgehead atoms. The van der Waals surface area contributed by atoms with E-state index < -0.39 is 0 Å². The van der Waals surface area contributed by atoms with Gasteiger partial charge in [0, 0.05) is 35.5 Å². The molecule has 1 aromatic rings. The van der Waals surface area contributed by atoms with Crippen molar-refractivity contribution >= 4 is 18.2 Å². The Morgan fingerprint density at radius 2 is 2.09 bits per heavy atom. The lowest BCUT2D eigenvalue weighted by Crippen LogP contribution is -2.29. The minimum Gasteiger partial charge on any atom is -0.372 e. The molecule has 0 aliphatic heterocycles. The zero-order valence-corrected chi connectivity index (χ0v) is 22.2. The summed E-state index contributed by atoms with van der Waals surface area (Å²) in [5.74, 6) is 0.215. The van der Waals surface area contributed by atoms with Crippen LogP contribution in [0.1, 0.15) is 72.4 Å². The van der Waals surface area contributed by atoms with E-state index in [1.165, 1.54) is 17.7 Å².